The molecule has 1 fully saturated rings. The van der Waals surface area contributed by atoms with Gasteiger partial charge in [0.1, 0.15) is 5.82 Å². The van der Waals surface area contributed by atoms with Crippen LogP contribution in [0.15, 0.2) is 29.2 Å². The van der Waals surface area contributed by atoms with Crippen LogP contribution in [0.25, 0.3) is 0 Å². The van der Waals surface area contributed by atoms with Crippen molar-refractivity contribution in [3.05, 3.63) is 30.1 Å². The number of halogens is 1. The van der Waals surface area contributed by atoms with Crippen molar-refractivity contribution >= 4 is 15.9 Å². The summed E-state index contributed by atoms with van der Waals surface area (Å²) in [4.78, 5) is 14.3. The van der Waals surface area contributed by atoms with Crippen LogP contribution in [0.3, 0.4) is 0 Å². The van der Waals surface area contributed by atoms with Crippen molar-refractivity contribution in [2.45, 2.75) is 43.5 Å². The number of carbonyl (C=O) groups excluding carboxylic acids is 1. The predicted octanol–water partition coefficient (Wildman–Crippen LogP) is 1.57. The smallest absolute Gasteiger partial charge is 0.243 e. The number of amides is 1. The van der Waals surface area contributed by atoms with E-state index in [1.165, 1.54) is 16.4 Å². The zero-order chi connectivity index (χ0) is 18.7. The molecule has 140 valence electrons. The van der Waals surface area contributed by atoms with Crippen LogP contribution in [0.1, 0.15) is 33.1 Å². The highest BCUT2D eigenvalue weighted by molar-refractivity contribution is 7.89. The lowest BCUT2D eigenvalue weighted by molar-refractivity contribution is -0.136. The van der Waals surface area contributed by atoms with Crippen LogP contribution in [0.5, 0.6) is 0 Å². The molecule has 1 atom stereocenters. The number of hydrogen-bond donors (Lipinski definition) is 1. The molecule has 1 aliphatic rings. The summed E-state index contributed by atoms with van der Waals surface area (Å²) in [7, 11) is -3.70. The van der Waals surface area contributed by atoms with Gasteiger partial charge in [-0.1, -0.05) is 13.3 Å². The predicted molar refractivity (Wildman–Crippen MR) is 93.9 cm³/mol. The molecule has 1 aromatic carbocycles. The van der Waals surface area contributed by atoms with Crippen LogP contribution in [-0.4, -0.2) is 55.2 Å². The fourth-order valence-corrected chi connectivity index (χ4v) is 4.55. The lowest BCUT2D eigenvalue weighted by Crippen LogP contribution is -2.54. The summed E-state index contributed by atoms with van der Waals surface area (Å²) in [5.41, 5.74) is 5.19. The van der Waals surface area contributed by atoms with Gasteiger partial charge in [0.2, 0.25) is 15.9 Å². The first-order chi connectivity index (χ1) is 11.7. The monoisotopic (exact) mass is 371 g/mol. The number of nitrogens with two attached hydrogens (primary N) is 1. The Morgan fingerprint density at radius 2 is 1.84 bits per heavy atom. The van der Waals surface area contributed by atoms with E-state index < -0.39 is 21.4 Å². The minimum atomic E-state index is -3.70. The number of benzene rings is 1. The molecule has 0 spiro atoms. The summed E-state index contributed by atoms with van der Waals surface area (Å²) < 4.78 is 39.8. The average Bonchev–Trinajstić information content (AvgIpc) is 2.81. The van der Waals surface area contributed by atoms with Gasteiger partial charge in [0.25, 0.3) is 0 Å². The maximum Gasteiger partial charge on any atom is 0.243 e. The number of carbonyl (C=O) groups is 1. The summed E-state index contributed by atoms with van der Waals surface area (Å²) in [6, 6.07) is 4.78. The Morgan fingerprint density at radius 3 is 2.44 bits per heavy atom. The molecular weight excluding hydrogens is 345 g/mol. The van der Waals surface area contributed by atoms with Gasteiger partial charge in [-0.25, -0.2) is 12.8 Å². The molecule has 1 aromatic rings. The third kappa shape index (κ3) is 4.56. The summed E-state index contributed by atoms with van der Waals surface area (Å²) in [5, 5.41) is 0. The molecule has 1 amide bonds. The standard InChI is InChI=1S/C17H26FN3O3S/c1-3-9-17(2,19)16(22)20-10-4-11-21(13-12-20)25(23,24)15-7-5-14(18)6-8-15/h5-8H,3-4,9-13,19H2,1-2H3. The quantitative estimate of drug-likeness (QED) is 0.851. The zero-order valence-corrected chi connectivity index (χ0v) is 15.6. The summed E-state index contributed by atoms with van der Waals surface area (Å²) >= 11 is 0. The molecule has 2 rings (SSSR count). The van der Waals surface area contributed by atoms with E-state index in [-0.39, 0.29) is 17.3 Å². The third-order valence-corrected chi connectivity index (χ3v) is 6.36. The lowest BCUT2D eigenvalue weighted by Gasteiger charge is -2.31. The maximum absolute atomic E-state index is 13.0. The van der Waals surface area contributed by atoms with Gasteiger partial charge in [-0.2, -0.15) is 4.31 Å². The van der Waals surface area contributed by atoms with E-state index in [4.69, 9.17) is 5.73 Å². The topological polar surface area (TPSA) is 83.7 Å². The first-order valence-corrected chi connectivity index (χ1v) is 9.96. The van der Waals surface area contributed by atoms with Gasteiger partial charge in [0.05, 0.1) is 10.4 Å². The number of hydrogen-bond acceptors (Lipinski definition) is 4. The molecule has 0 radical (unpaired) electrons. The number of sulfonamides is 1. The Balaban J connectivity index is 2.11. The second-order valence-electron chi connectivity index (χ2n) is 6.67. The number of nitrogens with zero attached hydrogens (tertiary/aromatic N) is 2. The molecule has 1 saturated heterocycles. The molecule has 25 heavy (non-hydrogen) atoms. The highest BCUT2D eigenvalue weighted by Gasteiger charge is 2.34. The minimum Gasteiger partial charge on any atom is -0.340 e. The summed E-state index contributed by atoms with van der Waals surface area (Å²) in [6.07, 6.45) is 1.92. The summed E-state index contributed by atoms with van der Waals surface area (Å²) in [6.45, 7) is 4.99. The van der Waals surface area contributed by atoms with Gasteiger partial charge in [0.15, 0.2) is 0 Å². The molecular formula is C17H26FN3O3S. The van der Waals surface area contributed by atoms with Gasteiger partial charge in [-0.15, -0.1) is 0 Å². The van der Waals surface area contributed by atoms with Crippen LogP contribution >= 0.6 is 0 Å². The molecule has 6 nitrogen and oxygen atoms in total. The van der Waals surface area contributed by atoms with E-state index in [1.807, 2.05) is 6.92 Å². The van der Waals surface area contributed by atoms with E-state index in [1.54, 1.807) is 11.8 Å². The van der Waals surface area contributed by atoms with Crippen LogP contribution in [0.2, 0.25) is 0 Å². The fourth-order valence-electron chi connectivity index (χ4n) is 3.08. The third-order valence-electron chi connectivity index (χ3n) is 4.45. The van der Waals surface area contributed by atoms with Crippen LogP contribution in [-0.2, 0) is 14.8 Å². The Bertz CT molecular complexity index is 704. The van der Waals surface area contributed by atoms with Crippen molar-refractivity contribution in [2.75, 3.05) is 26.2 Å². The molecule has 1 aliphatic heterocycles. The average molecular weight is 371 g/mol. The largest absolute Gasteiger partial charge is 0.340 e. The van der Waals surface area contributed by atoms with Crippen molar-refractivity contribution in [2.24, 2.45) is 5.73 Å². The van der Waals surface area contributed by atoms with Crippen molar-refractivity contribution in [1.82, 2.24) is 9.21 Å². The first kappa shape index (κ1) is 19.8. The van der Waals surface area contributed by atoms with Gasteiger partial charge >= 0.3 is 0 Å². The van der Waals surface area contributed by atoms with Gasteiger partial charge < -0.3 is 10.6 Å². The molecule has 0 saturated carbocycles. The van der Waals surface area contributed by atoms with Crippen LogP contribution < -0.4 is 5.73 Å². The molecule has 1 heterocycles. The SMILES string of the molecule is CCCC(C)(N)C(=O)N1CCCN(S(=O)(=O)c2ccc(F)cc2)CC1. The lowest BCUT2D eigenvalue weighted by atomic mass is 9.95. The normalized spacial score (nSPS) is 19.3. The van der Waals surface area contributed by atoms with E-state index in [2.05, 4.69) is 0 Å². The Labute approximate surface area is 148 Å². The van der Waals surface area contributed by atoms with E-state index in [0.29, 0.717) is 32.5 Å². The van der Waals surface area contributed by atoms with Gasteiger partial charge in [-0.3, -0.25) is 4.79 Å². The first-order valence-electron chi connectivity index (χ1n) is 8.52. The molecule has 0 aromatic heterocycles. The van der Waals surface area contributed by atoms with Crippen molar-refractivity contribution in [3.63, 3.8) is 0 Å². The van der Waals surface area contributed by atoms with E-state index in [0.717, 1.165) is 18.6 Å². The molecule has 0 bridgehead atoms. The maximum atomic E-state index is 13.0. The Hall–Kier alpha value is -1.51. The van der Waals surface area contributed by atoms with Crippen molar-refractivity contribution in [1.29, 1.82) is 0 Å². The van der Waals surface area contributed by atoms with E-state index >= 15 is 0 Å². The van der Waals surface area contributed by atoms with E-state index in [9.17, 15) is 17.6 Å². The van der Waals surface area contributed by atoms with Crippen molar-refractivity contribution in [3.8, 4) is 0 Å². The Morgan fingerprint density at radius 1 is 1.20 bits per heavy atom. The van der Waals surface area contributed by atoms with Crippen LogP contribution in [0, 0.1) is 5.82 Å². The Kier molecular flexibility index (Phi) is 6.18. The molecule has 1 unspecified atom stereocenters. The fraction of sp³-hybridized carbons (Fsp3) is 0.588. The van der Waals surface area contributed by atoms with Crippen molar-refractivity contribution < 1.29 is 17.6 Å². The molecule has 8 heteroatoms. The highest BCUT2D eigenvalue weighted by Crippen LogP contribution is 2.20. The summed E-state index contributed by atoms with van der Waals surface area (Å²) in [5.74, 6) is -0.625. The number of rotatable bonds is 5. The van der Waals surface area contributed by atoms with Gasteiger partial charge in [0, 0.05) is 26.2 Å². The molecule has 0 aliphatic carbocycles. The zero-order valence-electron chi connectivity index (χ0n) is 14.7. The minimum absolute atomic E-state index is 0.0586. The highest BCUT2D eigenvalue weighted by atomic mass is 32.2. The second-order valence-corrected chi connectivity index (χ2v) is 8.61. The van der Waals surface area contributed by atoms with Gasteiger partial charge in [-0.05, 0) is 44.0 Å². The second kappa shape index (κ2) is 7.80. The molecule has 2 N–H and O–H groups in total. The van der Waals surface area contributed by atoms with Crippen LogP contribution in [0.4, 0.5) is 4.39 Å².